The quantitative estimate of drug-likeness (QED) is 0.519. The summed E-state index contributed by atoms with van der Waals surface area (Å²) >= 11 is 0. The van der Waals surface area contributed by atoms with E-state index in [0.717, 1.165) is 41.5 Å². The fourth-order valence-corrected chi connectivity index (χ4v) is 5.16. The molecule has 2 heterocycles. The van der Waals surface area contributed by atoms with Crippen LogP contribution in [0.2, 0.25) is 0 Å². The second-order valence-electron chi connectivity index (χ2n) is 9.85. The first-order chi connectivity index (χ1) is 17.2. The Bertz CT molecular complexity index is 1360. The van der Waals surface area contributed by atoms with Crippen molar-refractivity contribution in [2.45, 2.75) is 64.8 Å². The molecule has 0 spiro atoms. The summed E-state index contributed by atoms with van der Waals surface area (Å²) < 4.78 is 16.8. The number of halogens is 1. The van der Waals surface area contributed by atoms with Crippen LogP contribution < -0.4 is 10.6 Å². The van der Waals surface area contributed by atoms with Gasteiger partial charge in [-0.05, 0) is 67.0 Å². The number of amides is 2. The first-order valence-electron chi connectivity index (χ1n) is 12.3. The Hall–Kier alpha value is -3.80. The van der Waals surface area contributed by atoms with E-state index in [0.29, 0.717) is 23.3 Å². The van der Waals surface area contributed by atoms with E-state index < -0.39 is 5.82 Å². The van der Waals surface area contributed by atoms with E-state index in [-0.39, 0.29) is 36.1 Å². The van der Waals surface area contributed by atoms with Gasteiger partial charge in [-0.2, -0.15) is 10.4 Å². The summed E-state index contributed by atoms with van der Waals surface area (Å²) in [5, 5.41) is 19.6. The summed E-state index contributed by atoms with van der Waals surface area (Å²) in [5.41, 5.74) is 3.64. The number of nitrogens with zero attached hydrogens (tertiary/aromatic N) is 4. The topological polar surface area (TPSA) is 113 Å². The van der Waals surface area contributed by atoms with Crippen LogP contribution in [0.3, 0.4) is 0 Å². The summed E-state index contributed by atoms with van der Waals surface area (Å²) in [7, 11) is 1.82. The molecular formula is C27H31FN6O2. The minimum atomic E-state index is -0.390. The summed E-state index contributed by atoms with van der Waals surface area (Å²) in [4.78, 5) is 29.2. The average molecular weight is 491 g/mol. The second-order valence-corrected chi connectivity index (χ2v) is 9.85. The molecule has 9 heteroatoms. The van der Waals surface area contributed by atoms with Crippen LogP contribution in [0.25, 0.3) is 22.0 Å². The number of aromatic nitrogens is 3. The number of benzene rings is 1. The van der Waals surface area contributed by atoms with Crippen LogP contribution in [0.1, 0.15) is 63.1 Å². The zero-order chi connectivity index (χ0) is 26.0. The lowest BCUT2D eigenvalue weighted by molar-refractivity contribution is -0.124. The van der Waals surface area contributed by atoms with Crippen LogP contribution in [0.4, 0.5) is 10.2 Å². The van der Waals surface area contributed by atoms with Crippen molar-refractivity contribution in [3.05, 3.63) is 41.5 Å². The van der Waals surface area contributed by atoms with Crippen molar-refractivity contribution in [2.75, 3.05) is 5.32 Å². The molecule has 2 atom stereocenters. The van der Waals surface area contributed by atoms with Crippen molar-refractivity contribution < 1.29 is 14.0 Å². The second kappa shape index (κ2) is 10.4. The fraction of sp³-hybridized carbons (Fsp3) is 0.444. The van der Waals surface area contributed by atoms with Crippen molar-refractivity contribution in [2.24, 2.45) is 13.0 Å². The first kappa shape index (κ1) is 25.3. The molecule has 0 radical (unpaired) electrons. The number of anilines is 1. The lowest BCUT2D eigenvalue weighted by Crippen LogP contribution is -2.40. The van der Waals surface area contributed by atoms with E-state index in [1.807, 2.05) is 26.1 Å². The summed E-state index contributed by atoms with van der Waals surface area (Å²) in [5.74, 6) is -0.563. The SMILES string of the molecule is Cc1cnc(NC(=O)[C@H]2CCC[C@@H](NC(=O)CC#N)C2)cc1-c1cc(F)c2nn(C)c(C(C)C)c2c1. The van der Waals surface area contributed by atoms with E-state index in [2.05, 4.69) is 34.6 Å². The molecule has 3 aromatic rings. The van der Waals surface area contributed by atoms with E-state index in [1.165, 1.54) is 6.07 Å². The molecule has 0 aliphatic heterocycles. The maximum atomic E-state index is 15.0. The molecule has 1 fully saturated rings. The van der Waals surface area contributed by atoms with Crippen LogP contribution in [-0.2, 0) is 16.6 Å². The molecule has 0 bridgehead atoms. The standard InChI is InChI=1S/C27H31FN6O2/c1-15(2)26-21-11-18(12-22(28)25(21)33-34(26)4)20-13-23(30-14-16(20)3)32-27(36)17-6-5-7-19(10-17)31-24(35)8-9-29/h11-15,17,19H,5-8,10H2,1-4H3,(H,31,35)(H,30,32,36)/t17-,19+/m0/s1. The van der Waals surface area contributed by atoms with Gasteiger partial charge in [-0.1, -0.05) is 20.3 Å². The summed E-state index contributed by atoms with van der Waals surface area (Å²) in [6.45, 7) is 6.01. The molecule has 8 nitrogen and oxygen atoms in total. The number of pyridine rings is 1. The molecule has 36 heavy (non-hydrogen) atoms. The van der Waals surface area contributed by atoms with Gasteiger partial charge >= 0.3 is 0 Å². The lowest BCUT2D eigenvalue weighted by Gasteiger charge is -2.28. The molecule has 2 aromatic heterocycles. The van der Waals surface area contributed by atoms with E-state index in [9.17, 15) is 9.59 Å². The zero-order valence-electron chi connectivity index (χ0n) is 21.1. The highest BCUT2D eigenvalue weighted by Crippen LogP contribution is 2.34. The van der Waals surface area contributed by atoms with Gasteiger partial charge in [0.1, 0.15) is 17.8 Å². The lowest BCUT2D eigenvalue weighted by atomic mass is 9.85. The Morgan fingerprint density at radius 1 is 1.28 bits per heavy atom. The van der Waals surface area contributed by atoms with Crippen LogP contribution >= 0.6 is 0 Å². The Labute approximate surface area is 209 Å². The molecule has 1 saturated carbocycles. The van der Waals surface area contributed by atoms with E-state index >= 15 is 4.39 Å². The first-order valence-corrected chi connectivity index (χ1v) is 12.3. The van der Waals surface area contributed by atoms with Crippen LogP contribution in [0, 0.1) is 30.0 Å². The molecule has 2 amide bonds. The highest BCUT2D eigenvalue weighted by Gasteiger charge is 2.28. The van der Waals surface area contributed by atoms with Gasteiger partial charge in [0.2, 0.25) is 11.8 Å². The number of fused-ring (bicyclic) bond motifs is 1. The molecule has 0 unspecified atom stereocenters. The minimum absolute atomic E-state index is 0.124. The number of rotatable bonds is 6. The van der Waals surface area contributed by atoms with Gasteiger partial charge in [-0.15, -0.1) is 0 Å². The summed E-state index contributed by atoms with van der Waals surface area (Å²) in [6.07, 6.45) is 4.32. The predicted octanol–water partition coefficient (Wildman–Crippen LogP) is 4.73. The van der Waals surface area contributed by atoms with Gasteiger partial charge in [0.05, 0.1) is 6.07 Å². The smallest absolute Gasteiger partial charge is 0.234 e. The number of hydrogen-bond donors (Lipinski definition) is 2. The average Bonchev–Trinajstić information content (AvgIpc) is 3.17. The largest absolute Gasteiger partial charge is 0.352 e. The molecule has 1 aliphatic carbocycles. The van der Waals surface area contributed by atoms with Gasteiger partial charge in [0, 0.05) is 36.3 Å². The molecular weight excluding hydrogens is 459 g/mol. The van der Waals surface area contributed by atoms with Crippen LogP contribution in [0.5, 0.6) is 0 Å². The Balaban J connectivity index is 1.56. The predicted molar refractivity (Wildman–Crippen MR) is 135 cm³/mol. The van der Waals surface area contributed by atoms with Crippen molar-refractivity contribution in [3.8, 4) is 17.2 Å². The number of nitriles is 1. The number of hydrogen-bond acceptors (Lipinski definition) is 5. The molecule has 2 N–H and O–H groups in total. The van der Waals surface area contributed by atoms with Gasteiger partial charge < -0.3 is 10.6 Å². The number of nitrogens with one attached hydrogen (secondary N) is 2. The van der Waals surface area contributed by atoms with Gasteiger partial charge in [0.25, 0.3) is 0 Å². The normalized spacial score (nSPS) is 17.7. The number of aryl methyl sites for hydroxylation is 2. The third-order valence-electron chi connectivity index (χ3n) is 6.80. The van der Waals surface area contributed by atoms with Crippen molar-refractivity contribution in [1.29, 1.82) is 5.26 Å². The van der Waals surface area contributed by atoms with Gasteiger partial charge in [0.15, 0.2) is 5.82 Å². The van der Waals surface area contributed by atoms with Crippen molar-refractivity contribution in [1.82, 2.24) is 20.1 Å². The van der Waals surface area contributed by atoms with E-state index in [1.54, 1.807) is 16.9 Å². The monoisotopic (exact) mass is 490 g/mol. The molecule has 1 aliphatic rings. The Morgan fingerprint density at radius 3 is 2.78 bits per heavy atom. The zero-order valence-corrected chi connectivity index (χ0v) is 21.1. The van der Waals surface area contributed by atoms with Crippen molar-refractivity contribution in [3.63, 3.8) is 0 Å². The maximum absolute atomic E-state index is 15.0. The molecule has 1 aromatic carbocycles. The van der Waals surface area contributed by atoms with Crippen LogP contribution in [0.15, 0.2) is 24.4 Å². The van der Waals surface area contributed by atoms with Gasteiger partial charge in [-0.3, -0.25) is 14.3 Å². The Kier molecular flexibility index (Phi) is 7.34. The van der Waals surface area contributed by atoms with Gasteiger partial charge in [-0.25, -0.2) is 9.37 Å². The number of carbonyl (C=O) groups excluding carboxylic acids is 2. The molecule has 0 saturated heterocycles. The third-order valence-corrected chi connectivity index (χ3v) is 6.80. The number of carbonyl (C=O) groups is 2. The van der Waals surface area contributed by atoms with Crippen molar-refractivity contribution >= 4 is 28.5 Å². The maximum Gasteiger partial charge on any atom is 0.234 e. The van der Waals surface area contributed by atoms with E-state index in [4.69, 9.17) is 5.26 Å². The highest BCUT2D eigenvalue weighted by molar-refractivity contribution is 5.93. The highest BCUT2D eigenvalue weighted by atomic mass is 19.1. The Morgan fingerprint density at radius 2 is 2.06 bits per heavy atom. The van der Waals surface area contributed by atoms with Crippen LogP contribution in [-0.4, -0.2) is 32.6 Å². The molecule has 4 rings (SSSR count). The molecule has 188 valence electrons. The fourth-order valence-electron chi connectivity index (χ4n) is 5.16. The third kappa shape index (κ3) is 5.23. The minimum Gasteiger partial charge on any atom is -0.352 e. The summed E-state index contributed by atoms with van der Waals surface area (Å²) in [6, 6.07) is 6.91.